The molecule has 0 aromatic heterocycles. The van der Waals surface area contributed by atoms with Crippen LogP contribution in [-0.4, -0.2) is 19.3 Å². The highest BCUT2D eigenvalue weighted by atomic mass is 79.9. The lowest BCUT2D eigenvalue weighted by Gasteiger charge is -2.11. The van der Waals surface area contributed by atoms with E-state index in [0.29, 0.717) is 6.10 Å². The molecule has 1 aromatic carbocycles. The summed E-state index contributed by atoms with van der Waals surface area (Å²) < 4.78 is 6.61. The molecule has 2 rings (SSSR count). The van der Waals surface area contributed by atoms with Crippen LogP contribution in [0, 0.1) is 0 Å². The third kappa shape index (κ3) is 4.16. The quantitative estimate of drug-likeness (QED) is 0.809. The molecule has 1 N–H and O–H groups in total. The van der Waals surface area contributed by atoms with Crippen molar-refractivity contribution in [3.8, 4) is 0 Å². The van der Waals surface area contributed by atoms with Crippen LogP contribution < -0.4 is 5.32 Å². The van der Waals surface area contributed by atoms with E-state index in [1.807, 2.05) is 18.2 Å². The standard InChI is InChI=1S/C13H17BrClNO/c14-12-9-10(15)5-6-13(12)16-7-1-3-11-4-2-8-17-11/h5-6,9,11,16H,1-4,7-8H2. The molecule has 94 valence electrons. The molecule has 1 saturated heterocycles. The number of benzene rings is 1. The molecular weight excluding hydrogens is 302 g/mol. The van der Waals surface area contributed by atoms with Gasteiger partial charge in [0.15, 0.2) is 0 Å². The second kappa shape index (κ2) is 6.62. The van der Waals surface area contributed by atoms with Crippen LogP contribution in [0.15, 0.2) is 22.7 Å². The summed E-state index contributed by atoms with van der Waals surface area (Å²) in [4.78, 5) is 0. The Morgan fingerprint density at radius 2 is 2.35 bits per heavy atom. The Hall–Kier alpha value is -0.250. The van der Waals surface area contributed by atoms with Gasteiger partial charge in [0, 0.05) is 28.3 Å². The second-order valence-corrected chi connectivity index (χ2v) is 5.62. The van der Waals surface area contributed by atoms with Gasteiger partial charge in [-0.25, -0.2) is 0 Å². The minimum absolute atomic E-state index is 0.491. The fraction of sp³-hybridized carbons (Fsp3) is 0.538. The van der Waals surface area contributed by atoms with Crippen LogP contribution in [0.25, 0.3) is 0 Å². The van der Waals surface area contributed by atoms with Gasteiger partial charge >= 0.3 is 0 Å². The molecule has 1 unspecified atom stereocenters. The van der Waals surface area contributed by atoms with Crippen molar-refractivity contribution >= 4 is 33.2 Å². The zero-order valence-electron chi connectivity index (χ0n) is 9.72. The highest BCUT2D eigenvalue weighted by Gasteiger charge is 2.14. The fourth-order valence-electron chi connectivity index (χ4n) is 2.06. The van der Waals surface area contributed by atoms with Crippen LogP contribution in [0.4, 0.5) is 5.69 Å². The van der Waals surface area contributed by atoms with Crippen molar-refractivity contribution in [3.63, 3.8) is 0 Å². The highest BCUT2D eigenvalue weighted by Crippen LogP contribution is 2.26. The van der Waals surface area contributed by atoms with Crippen molar-refractivity contribution in [2.24, 2.45) is 0 Å². The zero-order chi connectivity index (χ0) is 12.1. The minimum Gasteiger partial charge on any atom is -0.384 e. The summed E-state index contributed by atoms with van der Waals surface area (Å²) in [6.07, 6.45) is 5.23. The first kappa shape index (κ1) is 13.2. The lowest BCUT2D eigenvalue weighted by atomic mass is 10.1. The lowest BCUT2D eigenvalue weighted by molar-refractivity contribution is 0.103. The number of rotatable bonds is 5. The van der Waals surface area contributed by atoms with Gasteiger partial charge in [0.05, 0.1) is 6.10 Å². The van der Waals surface area contributed by atoms with E-state index >= 15 is 0 Å². The van der Waals surface area contributed by atoms with Gasteiger partial charge in [0.1, 0.15) is 0 Å². The third-order valence-corrected chi connectivity index (χ3v) is 3.86. The van der Waals surface area contributed by atoms with Gasteiger partial charge in [0.2, 0.25) is 0 Å². The molecular formula is C13H17BrClNO. The number of nitrogens with one attached hydrogen (secondary N) is 1. The maximum atomic E-state index is 5.89. The van der Waals surface area contributed by atoms with Gasteiger partial charge in [-0.15, -0.1) is 0 Å². The molecule has 2 nitrogen and oxygen atoms in total. The van der Waals surface area contributed by atoms with E-state index < -0.39 is 0 Å². The Morgan fingerprint density at radius 1 is 1.47 bits per heavy atom. The highest BCUT2D eigenvalue weighted by molar-refractivity contribution is 9.10. The Bertz CT molecular complexity index is 366. The maximum Gasteiger partial charge on any atom is 0.0576 e. The van der Waals surface area contributed by atoms with Crippen molar-refractivity contribution in [2.45, 2.75) is 31.8 Å². The van der Waals surface area contributed by atoms with E-state index in [9.17, 15) is 0 Å². The summed E-state index contributed by atoms with van der Waals surface area (Å²) in [6, 6.07) is 5.80. The first-order valence-corrected chi connectivity index (χ1v) is 7.23. The van der Waals surface area contributed by atoms with E-state index in [0.717, 1.165) is 41.2 Å². The Labute approximate surface area is 116 Å². The SMILES string of the molecule is Clc1ccc(NCCCC2CCCO2)c(Br)c1. The van der Waals surface area contributed by atoms with E-state index in [1.165, 1.54) is 12.8 Å². The maximum absolute atomic E-state index is 5.89. The summed E-state index contributed by atoms with van der Waals surface area (Å²) in [5.74, 6) is 0. The molecule has 0 bridgehead atoms. The largest absolute Gasteiger partial charge is 0.384 e. The van der Waals surface area contributed by atoms with Crippen LogP contribution in [0.5, 0.6) is 0 Å². The summed E-state index contributed by atoms with van der Waals surface area (Å²) in [7, 11) is 0. The molecule has 1 aliphatic rings. The Kier molecular flexibility index (Phi) is 5.14. The van der Waals surface area contributed by atoms with Gasteiger partial charge in [-0.2, -0.15) is 0 Å². The van der Waals surface area contributed by atoms with Crippen LogP contribution in [0.3, 0.4) is 0 Å². The molecule has 0 radical (unpaired) electrons. The summed E-state index contributed by atoms with van der Waals surface area (Å²) >= 11 is 9.38. The van der Waals surface area contributed by atoms with Gasteiger partial charge in [-0.3, -0.25) is 0 Å². The summed E-state index contributed by atoms with van der Waals surface area (Å²) in [5.41, 5.74) is 1.10. The predicted molar refractivity (Wildman–Crippen MR) is 75.8 cm³/mol. The minimum atomic E-state index is 0.491. The van der Waals surface area contributed by atoms with Crippen molar-refractivity contribution in [2.75, 3.05) is 18.5 Å². The summed E-state index contributed by atoms with van der Waals surface area (Å²) in [5, 5.41) is 4.15. The van der Waals surface area contributed by atoms with E-state index in [-0.39, 0.29) is 0 Å². The van der Waals surface area contributed by atoms with Crippen molar-refractivity contribution < 1.29 is 4.74 Å². The molecule has 1 aliphatic heterocycles. The van der Waals surface area contributed by atoms with Crippen LogP contribution in [-0.2, 0) is 4.74 Å². The number of hydrogen-bond donors (Lipinski definition) is 1. The van der Waals surface area contributed by atoms with Crippen LogP contribution >= 0.6 is 27.5 Å². The normalized spacial score (nSPS) is 19.5. The lowest BCUT2D eigenvalue weighted by Crippen LogP contribution is -2.09. The third-order valence-electron chi connectivity index (χ3n) is 2.97. The first-order valence-electron chi connectivity index (χ1n) is 6.06. The molecule has 17 heavy (non-hydrogen) atoms. The summed E-state index contributed by atoms with van der Waals surface area (Å²) in [6.45, 7) is 1.92. The number of anilines is 1. The smallest absolute Gasteiger partial charge is 0.0576 e. The molecule has 4 heteroatoms. The van der Waals surface area contributed by atoms with Gasteiger partial charge in [-0.1, -0.05) is 11.6 Å². The molecule has 0 saturated carbocycles. The van der Waals surface area contributed by atoms with Crippen molar-refractivity contribution in [1.82, 2.24) is 0 Å². The fourth-order valence-corrected chi connectivity index (χ4v) is 2.88. The number of hydrogen-bond acceptors (Lipinski definition) is 2. The van der Waals surface area contributed by atoms with Crippen molar-refractivity contribution in [1.29, 1.82) is 0 Å². The molecule has 0 spiro atoms. The van der Waals surface area contributed by atoms with Crippen molar-refractivity contribution in [3.05, 3.63) is 27.7 Å². The Balaban J connectivity index is 1.70. The second-order valence-electron chi connectivity index (χ2n) is 4.33. The molecule has 1 atom stereocenters. The van der Waals surface area contributed by atoms with Gasteiger partial charge in [-0.05, 0) is 59.8 Å². The Morgan fingerprint density at radius 3 is 3.06 bits per heavy atom. The van der Waals surface area contributed by atoms with Crippen LogP contribution in [0.1, 0.15) is 25.7 Å². The zero-order valence-corrected chi connectivity index (χ0v) is 12.1. The predicted octanol–water partition coefficient (Wildman–Crippen LogP) is 4.47. The van der Waals surface area contributed by atoms with Gasteiger partial charge < -0.3 is 10.1 Å². The molecule has 0 amide bonds. The average Bonchev–Trinajstić information content (AvgIpc) is 2.79. The molecule has 1 fully saturated rings. The first-order chi connectivity index (χ1) is 8.25. The molecule has 1 heterocycles. The monoisotopic (exact) mass is 317 g/mol. The number of halogens is 2. The van der Waals surface area contributed by atoms with E-state index in [4.69, 9.17) is 16.3 Å². The van der Waals surface area contributed by atoms with Crippen LogP contribution in [0.2, 0.25) is 5.02 Å². The van der Waals surface area contributed by atoms with Gasteiger partial charge in [0.25, 0.3) is 0 Å². The van der Waals surface area contributed by atoms with E-state index in [1.54, 1.807) is 0 Å². The topological polar surface area (TPSA) is 21.3 Å². The molecule has 1 aromatic rings. The average molecular weight is 319 g/mol. The van der Waals surface area contributed by atoms with E-state index in [2.05, 4.69) is 21.2 Å². The molecule has 0 aliphatic carbocycles. The number of ether oxygens (including phenoxy) is 1.